The fourth-order valence-corrected chi connectivity index (χ4v) is 2.85. The Bertz CT molecular complexity index is 672. The molecule has 0 atom stereocenters. The highest BCUT2D eigenvalue weighted by molar-refractivity contribution is 7.10. The summed E-state index contributed by atoms with van der Waals surface area (Å²) >= 11 is 1.78. The van der Waals surface area contributed by atoms with Gasteiger partial charge in [-0.25, -0.2) is 0 Å². The molecule has 0 radical (unpaired) electrons. The standard InChI is InChI=1S/C17H16N2S/c1-13-7-8-16(10-18-13)19-11-17-9-15(12-20-17)14-5-3-2-4-6-14/h2-10,12,19H,11H2,1H3. The van der Waals surface area contributed by atoms with Crippen LogP contribution in [0.5, 0.6) is 0 Å². The van der Waals surface area contributed by atoms with Crippen molar-refractivity contribution < 1.29 is 0 Å². The Morgan fingerprint density at radius 2 is 1.90 bits per heavy atom. The zero-order chi connectivity index (χ0) is 13.8. The molecule has 2 aromatic heterocycles. The molecule has 0 spiro atoms. The zero-order valence-corrected chi connectivity index (χ0v) is 12.2. The van der Waals surface area contributed by atoms with Gasteiger partial charge in [-0.2, -0.15) is 0 Å². The van der Waals surface area contributed by atoms with Gasteiger partial charge in [0.25, 0.3) is 0 Å². The Balaban J connectivity index is 1.67. The van der Waals surface area contributed by atoms with E-state index >= 15 is 0 Å². The molecule has 0 aliphatic rings. The van der Waals surface area contributed by atoms with E-state index in [1.807, 2.05) is 25.3 Å². The molecule has 0 aliphatic carbocycles. The quantitative estimate of drug-likeness (QED) is 0.747. The average molecular weight is 280 g/mol. The maximum absolute atomic E-state index is 4.29. The van der Waals surface area contributed by atoms with Gasteiger partial charge >= 0.3 is 0 Å². The second kappa shape index (κ2) is 5.88. The topological polar surface area (TPSA) is 24.9 Å². The van der Waals surface area contributed by atoms with Crippen LogP contribution in [0, 0.1) is 6.92 Å². The Morgan fingerprint density at radius 3 is 2.65 bits per heavy atom. The number of anilines is 1. The lowest BCUT2D eigenvalue weighted by atomic mass is 10.1. The van der Waals surface area contributed by atoms with E-state index in [-0.39, 0.29) is 0 Å². The number of pyridine rings is 1. The molecule has 0 aliphatic heterocycles. The molecule has 2 heterocycles. The molecule has 3 heteroatoms. The molecule has 2 nitrogen and oxygen atoms in total. The van der Waals surface area contributed by atoms with Crippen LogP contribution in [0.4, 0.5) is 5.69 Å². The molecule has 0 saturated carbocycles. The molecule has 20 heavy (non-hydrogen) atoms. The first-order valence-electron chi connectivity index (χ1n) is 6.60. The van der Waals surface area contributed by atoms with Crippen molar-refractivity contribution in [1.29, 1.82) is 0 Å². The Labute approximate surface area is 123 Å². The highest BCUT2D eigenvalue weighted by atomic mass is 32.1. The van der Waals surface area contributed by atoms with E-state index in [4.69, 9.17) is 0 Å². The first-order chi connectivity index (χ1) is 9.81. The van der Waals surface area contributed by atoms with Crippen molar-refractivity contribution in [3.63, 3.8) is 0 Å². The largest absolute Gasteiger partial charge is 0.379 e. The molecule has 1 aromatic carbocycles. The highest BCUT2D eigenvalue weighted by Crippen LogP contribution is 2.25. The second-order valence-electron chi connectivity index (χ2n) is 4.71. The Morgan fingerprint density at radius 1 is 1.05 bits per heavy atom. The van der Waals surface area contributed by atoms with Gasteiger partial charge in [0.1, 0.15) is 0 Å². The third-order valence-electron chi connectivity index (χ3n) is 3.14. The fraction of sp³-hybridized carbons (Fsp3) is 0.118. The zero-order valence-electron chi connectivity index (χ0n) is 11.3. The molecule has 100 valence electrons. The highest BCUT2D eigenvalue weighted by Gasteiger charge is 2.02. The summed E-state index contributed by atoms with van der Waals surface area (Å²) in [6.45, 7) is 2.83. The van der Waals surface area contributed by atoms with Crippen molar-refractivity contribution in [2.24, 2.45) is 0 Å². The van der Waals surface area contributed by atoms with Gasteiger partial charge in [0.15, 0.2) is 0 Å². The van der Waals surface area contributed by atoms with Crippen LogP contribution in [0.15, 0.2) is 60.1 Å². The first-order valence-corrected chi connectivity index (χ1v) is 7.48. The van der Waals surface area contributed by atoms with Gasteiger partial charge in [-0.05, 0) is 41.6 Å². The number of hydrogen-bond acceptors (Lipinski definition) is 3. The summed E-state index contributed by atoms with van der Waals surface area (Å²) in [5, 5.41) is 5.61. The van der Waals surface area contributed by atoms with E-state index in [2.05, 4.69) is 52.1 Å². The molecule has 0 unspecified atom stereocenters. The van der Waals surface area contributed by atoms with E-state index < -0.39 is 0 Å². The molecule has 0 fully saturated rings. The number of nitrogens with zero attached hydrogens (tertiary/aromatic N) is 1. The third kappa shape index (κ3) is 3.06. The van der Waals surface area contributed by atoms with Gasteiger partial charge in [-0.15, -0.1) is 11.3 Å². The average Bonchev–Trinajstić information content (AvgIpc) is 2.97. The van der Waals surface area contributed by atoms with Gasteiger partial charge in [0.05, 0.1) is 11.9 Å². The van der Waals surface area contributed by atoms with Crippen molar-refractivity contribution in [3.8, 4) is 11.1 Å². The summed E-state index contributed by atoms with van der Waals surface area (Å²) < 4.78 is 0. The lowest BCUT2D eigenvalue weighted by molar-refractivity contribution is 1.15. The summed E-state index contributed by atoms with van der Waals surface area (Å²) in [7, 11) is 0. The second-order valence-corrected chi connectivity index (χ2v) is 5.71. The minimum atomic E-state index is 0.836. The predicted octanol–water partition coefficient (Wildman–Crippen LogP) is 4.73. The van der Waals surface area contributed by atoms with Crippen molar-refractivity contribution in [1.82, 2.24) is 4.98 Å². The first kappa shape index (κ1) is 12.9. The van der Waals surface area contributed by atoms with Gasteiger partial charge in [-0.1, -0.05) is 30.3 Å². The van der Waals surface area contributed by atoms with Gasteiger partial charge in [0.2, 0.25) is 0 Å². The van der Waals surface area contributed by atoms with Crippen molar-refractivity contribution >= 4 is 17.0 Å². The summed E-state index contributed by atoms with van der Waals surface area (Å²) in [6, 6.07) is 16.8. The summed E-state index contributed by atoms with van der Waals surface area (Å²) in [6.07, 6.45) is 1.88. The van der Waals surface area contributed by atoms with Crippen LogP contribution in [0.3, 0.4) is 0 Å². The maximum atomic E-state index is 4.29. The van der Waals surface area contributed by atoms with Crippen LogP contribution in [-0.2, 0) is 6.54 Å². The molecule has 3 aromatic rings. The number of aromatic nitrogens is 1. The number of thiophene rings is 1. The van der Waals surface area contributed by atoms with Crippen LogP contribution < -0.4 is 5.32 Å². The van der Waals surface area contributed by atoms with Crippen LogP contribution in [0.25, 0.3) is 11.1 Å². The monoisotopic (exact) mass is 280 g/mol. The molecule has 1 N–H and O–H groups in total. The van der Waals surface area contributed by atoms with Gasteiger partial charge < -0.3 is 5.32 Å². The number of hydrogen-bond donors (Lipinski definition) is 1. The third-order valence-corrected chi connectivity index (χ3v) is 4.08. The van der Waals surface area contributed by atoms with E-state index in [9.17, 15) is 0 Å². The van der Waals surface area contributed by atoms with E-state index in [0.29, 0.717) is 0 Å². The molecule has 0 amide bonds. The van der Waals surface area contributed by atoms with Crippen LogP contribution in [0.1, 0.15) is 10.6 Å². The lowest BCUT2D eigenvalue weighted by Crippen LogP contribution is -1.97. The maximum Gasteiger partial charge on any atom is 0.0529 e. The Kier molecular flexibility index (Phi) is 3.79. The minimum absolute atomic E-state index is 0.836. The number of aryl methyl sites for hydroxylation is 1. The van der Waals surface area contributed by atoms with Crippen LogP contribution in [-0.4, -0.2) is 4.98 Å². The van der Waals surface area contributed by atoms with Gasteiger partial charge in [0, 0.05) is 17.1 Å². The number of rotatable bonds is 4. The van der Waals surface area contributed by atoms with Crippen LogP contribution in [0.2, 0.25) is 0 Å². The minimum Gasteiger partial charge on any atom is -0.379 e. The van der Waals surface area contributed by atoms with E-state index in [0.717, 1.165) is 17.9 Å². The van der Waals surface area contributed by atoms with E-state index in [1.165, 1.54) is 16.0 Å². The van der Waals surface area contributed by atoms with Gasteiger partial charge in [-0.3, -0.25) is 4.98 Å². The van der Waals surface area contributed by atoms with Crippen LogP contribution >= 0.6 is 11.3 Å². The summed E-state index contributed by atoms with van der Waals surface area (Å²) in [5.74, 6) is 0. The molecular formula is C17H16N2S. The predicted molar refractivity (Wildman–Crippen MR) is 86.1 cm³/mol. The number of benzene rings is 1. The van der Waals surface area contributed by atoms with E-state index in [1.54, 1.807) is 11.3 Å². The Hall–Kier alpha value is -2.13. The number of nitrogens with one attached hydrogen (secondary N) is 1. The van der Waals surface area contributed by atoms with Crippen molar-refractivity contribution in [2.75, 3.05) is 5.32 Å². The summed E-state index contributed by atoms with van der Waals surface area (Å²) in [5.41, 5.74) is 4.66. The van der Waals surface area contributed by atoms with Crippen molar-refractivity contribution in [3.05, 3.63) is 70.7 Å². The molecule has 3 rings (SSSR count). The normalized spacial score (nSPS) is 10.4. The fourth-order valence-electron chi connectivity index (χ4n) is 2.02. The molecular weight excluding hydrogens is 264 g/mol. The van der Waals surface area contributed by atoms with Crippen molar-refractivity contribution in [2.45, 2.75) is 13.5 Å². The smallest absolute Gasteiger partial charge is 0.0529 e. The molecule has 0 saturated heterocycles. The molecule has 0 bridgehead atoms. The SMILES string of the molecule is Cc1ccc(NCc2cc(-c3ccccc3)cs2)cn1. The summed E-state index contributed by atoms with van der Waals surface area (Å²) in [4.78, 5) is 5.61. The lowest BCUT2D eigenvalue weighted by Gasteiger charge is -2.04.